The van der Waals surface area contributed by atoms with E-state index in [1.807, 2.05) is 32.9 Å². The third-order valence-electron chi connectivity index (χ3n) is 5.53. The molecule has 1 amide bonds. The van der Waals surface area contributed by atoms with Crippen molar-refractivity contribution in [1.29, 1.82) is 0 Å². The van der Waals surface area contributed by atoms with Crippen molar-refractivity contribution >= 4 is 21.6 Å². The first-order chi connectivity index (χ1) is 14.2. The summed E-state index contributed by atoms with van der Waals surface area (Å²) in [6, 6.07) is 8.49. The molecule has 1 saturated heterocycles. The van der Waals surface area contributed by atoms with Crippen LogP contribution in [0.5, 0.6) is 5.75 Å². The van der Waals surface area contributed by atoms with E-state index in [0.29, 0.717) is 18.8 Å². The van der Waals surface area contributed by atoms with Gasteiger partial charge in [-0.05, 0) is 62.9 Å². The Kier molecular flexibility index (Phi) is 6.83. The predicted octanol–water partition coefficient (Wildman–Crippen LogP) is 4.44. The lowest BCUT2D eigenvalue weighted by molar-refractivity contribution is 0.102. The second-order valence-electron chi connectivity index (χ2n) is 7.91. The summed E-state index contributed by atoms with van der Waals surface area (Å²) in [6.07, 6.45) is 3.79. The Balaban J connectivity index is 1.96. The van der Waals surface area contributed by atoms with Crippen LogP contribution in [0.3, 0.4) is 0 Å². The van der Waals surface area contributed by atoms with Gasteiger partial charge in [0.1, 0.15) is 5.75 Å². The van der Waals surface area contributed by atoms with E-state index in [4.69, 9.17) is 4.74 Å². The zero-order chi connectivity index (χ0) is 21.9. The number of anilines is 1. The highest BCUT2D eigenvalue weighted by molar-refractivity contribution is 7.89. The van der Waals surface area contributed by atoms with Gasteiger partial charge < -0.3 is 10.1 Å². The maximum atomic E-state index is 13.2. The molecule has 0 saturated carbocycles. The zero-order valence-electron chi connectivity index (χ0n) is 18.1. The predicted molar refractivity (Wildman–Crippen MR) is 119 cm³/mol. The maximum Gasteiger partial charge on any atom is 0.259 e. The molecule has 1 N–H and O–H groups in total. The highest BCUT2D eigenvalue weighted by Gasteiger charge is 2.27. The van der Waals surface area contributed by atoms with Gasteiger partial charge >= 0.3 is 0 Å². The van der Waals surface area contributed by atoms with Gasteiger partial charge in [-0.25, -0.2) is 8.42 Å². The molecule has 0 aromatic heterocycles. The molecule has 2 aromatic rings. The first kappa shape index (κ1) is 22.3. The Morgan fingerprint density at radius 3 is 2.13 bits per heavy atom. The molecule has 6 nitrogen and oxygen atoms in total. The van der Waals surface area contributed by atoms with E-state index in [1.165, 1.54) is 23.5 Å². The van der Waals surface area contributed by atoms with Crippen LogP contribution in [0.2, 0.25) is 0 Å². The van der Waals surface area contributed by atoms with Crippen molar-refractivity contribution in [1.82, 2.24) is 4.31 Å². The smallest absolute Gasteiger partial charge is 0.259 e. The SMILES string of the molecule is COc1ccc(S(=O)(=O)N2CCCCCC2)cc1C(=O)Nc1c(C)cc(C)cc1C. The largest absolute Gasteiger partial charge is 0.496 e. The van der Waals surface area contributed by atoms with Crippen LogP contribution in [-0.4, -0.2) is 38.8 Å². The van der Waals surface area contributed by atoms with Crippen LogP contribution < -0.4 is 10.1 Å². The minimum absolute atomic E-state index is 0.118. The van der Waals surface area contributed by atoms with Crippen molar-refractivity contribution in [3.8, 4) is 5.75 Å². The number of nitrogens with zero attached hydrogens (tertiary/aromatic N) is 1. The van der Waals surface area contributed by atoms with Crippen LogP contribution >= 0.6 is 0 Å². The molecule has 30 heavy (non-hydrogen) atoms. The summed E-state index contributed by atoms with van der Waals surface area (Å²) >= 11 is 0. The third-order valence-corrected chi connectivity index (χ3v) is 7.43. The Labute approximate surface area is 179 Å². The molecule has 0 unspecified atom stereocenters. The van der Waals surface area contributed by atoms with Crippen LogP contribution in [0.4, 0.5) is 5.69 Å². The molecule has 0 bridgehead atoms. The molecule has 1 fully saturated rings. The van der Waals surface area contributed by atoms with Gasteiger partial charge in [-0.2, -0.15) is 4.31 Å². The number of nitrogens with one attached hydrogen (secondary N) is 1. The summed E-state index contributed by atoms with van der Waals surface area (Å²) in [7, 11) is -2.19. The fourth-order valence-corrected chi connectivity index (χ4v) is 5.56. The molecule has 1 aliphatic heterocycles. The number of hydrogen-bond acceptors (Lipinski definition) is 4. The van der Waals surface area contributed by atoms with Crippen LogP contribution in [0.25, 0.3) is 0 Å². The fourth-order valence-electron chi connectivity index (χ4n) is 4.01. The van der Waals surface area contributed by atoms with Crippen LogP contribution in [0.1, 0.15) is 52.7 Å². The number of carbonyl (C=O) groups excluding carboxylic acids is 1. The van der Waals surface area contributed by atoms with Crippen molar-refractivity contribution in [2.75, 3.05) is 25.5 Å². The van der Waals surface area contributed by atoms with Gasteiger partial charge in [0.2, 0.25) is 10.0 Å². The number of methoxy groups -OCH3 is 1. The molecular weight excluding hydrogens is 400 g/mol. The average Bonchev–Trinajstić information content (AvgIpc) is 3.00. The molecule has 2 aromatic carbocycles. The quantitative estimate of drug-likeness (QED) is 0.761. The third kappa shape index (κ3) is 4.68. The van der Waals surface area contributed by atoms with E-state index in [1.54, 1.807) is 6.07 Å². The summed E-state index contributed by atoms with van der Waals surface area (Å²) in [5, 5.41) is 2.94. The summed E-state index contributed by atoms with van der Waals surface area (Å²) < 4.78 is 33.2. The fraction of sp³-hybridized carbons (Fsp3) is 0.435. The minimum Gasteiger partial charge on any atom is -0.496 e. The molecule has 1 heterocycles. The number of carbonyl (C=O) groups is 1. The van der Waals surface area contributed by atoms with Gasteiger partial charge in [-0.3, -0.25) is 4.79 Å². The van der Waals surface area contributed by atoms with Gasteiger partial charge in [-0.1, -0.05) is 30.5 Å². The lowest BCUT2D eigenvalue weighted by atomic mass is 10.0. The highest BCUT2D eigenvalue weighted by Crippen LogP contribution is 2.28. The van der Waals surface area contributed by atoms with Gasteiger partial charge in [0.05, 0.1) is 17.6 Å². The standard InChI is InChI=1S/C23H30N2O4S/c1-16-13-17(2)22(18(3)14-16)24-23(26)20-15-19(9-10-21(20)29-4)30(27,28)25-11-7-5-6-8-12-25/h9-10,13-15H,5-8,11-12H2,1-4H3,(H,24,26). The van der Waals surface area contributed by atoms with E-state index < -0.39 is 15.9 Å². The van der Waals surface area contributed by atoms with E-state index in [-0.39, 0.29) is 10.5 Å². The van der Waals surface area contributed by atoms with Crippen LogP contribution in [-0.2, 0) is 10.0 Å². The first-order valence-corrected chi connectivity index (χ1v) is 11.8. The highest BCUT2D eigenvalue weighted by atomic mass is 32.2. The van der Waals surface area contributed by atoms with Gasteiger partial charge in [-0.15, -0.1) is 0 Å². The van der Waals surface area contributed by atoms with E-state index in [9.17, 15) is 13.2 Å². The number of benzene rings is 2. The summed E-state index contributed by atoms with van der Waals surface area (Å²) in [5.74, 6) is -0.0560. The second-order valence-corrected chi connectivity index (χ2v) is 9.85. The average molecular weight is 431 g/mol. The van der Waals surface area contributed by atoms with E-state index in [2.05, 4.69) is 5.32 Å². The Hall–Kier alpha value is -2.38. The molecule has 1 aliphatic rings. The minimum atomic E-state index is -3.66. The number of amides is 1. The number of hydrogen-bond donors (Lipinski definition) is 1. The lowest BCUT2D eigenvalue weighted by Crippen LogP contribution is -2.32. The Bertz CT molecular complexity index is 1020. The van der Waals surface area contributed by atoms with Crippen LogP contribution in [0, 0.1) is 20.8 Å². The number of aryl methyl sites for hydroxylation is 3. The van der Waals surface area contributed by atoms with Gasteiger partial charge in [0.15, 0.2) is 0 Å². The normalized spacial score (nSPS) is 15.5. The lowest BCUT2D eigenvalue weighted by Gasteiger charge is -2.21. The molecule has 162 valence electrons. The Morgan fingerprint density at radius 2 is 1.57 bits per heavy atom. The zero-order valence-corrected chi connectivity index (χ0v) is 18.9. The molecular formula is C23H30N2O4S. The number of sulfonamides is 1. The van der Waals surface area contributed by atoms with E-state index in [0.717, 1.165) is 48.1 Å². The number of ether oxygens (including phenoxy) is 1. The molecule has 7 heteroatoms. The second kappa shape index (κ2) is 9.18. The Morgan fingerprint density at radius 1 is 0.967 bits per heavy atom. The van der Waals surface area contributed by atoms with Crippen molar-refractivity contribution in [2.45, 2.75) is 51.3 Å². The first-order valence-electron chi connectivity index (χ1n) is 10.3. The topological polar surface area (TPSA) is 75.7 Å². The van der Waals surface area contributed by atoms with Crippen molar-refractivity contribution in [3.05, 3.63) is 52.6 Å². The molecule has 0 aliphatic carbocycles. The van der Waals surface area contributed by atoms with E-state index >= 15 is 0 Å². The molecule has 3 rings (SSSR count). The van der Waals surface area contributed by atoms with Crippen molar-refractivity contribution < 1.29 is 17.9 Å². The molecule has 0 radical (unpaired) electrons. The van der Waals surface area contributed by atoms with Crippen LogP contribution in [0.15, 0.2) is 35.2 Å². The number of rotatable bonds is 5. The molecule has 0 atom stereocenters. The molecule has 0 spiro atoms. The maximum absolute atomic E-state index is 13.2. The van der Waals surface area contributed by atoms with Gasteiger partial charge in [0, 0.05) is 18.8 Å². The van der Waals surface area contributed by atoms with Crippen molar-refractivity contribution in [3.63, 3.8) is 0 Å². The van der Waals surface area contributed by atoms with Crippen molar-refractivity contribution in [2.24, 2.45) is 0 Å². The summed E-state index contributed by atoms with van der Waals surface area (Å²) in [6.45, 7) is 6.90. The van der Waals surface area contributed by atoms with Gasteiger partial charge in [0.25, 0.3) is 5.91 Å². The summed E-state index contributed by atoms with van der Waals surface area (Å²) in [5.41, 5.74) is 3.95. The summed E-state index contributed by atoms with van der Waals surface area (Å²) in [4.78, 5) is 13.2. The monoisotopic (exact) mass is 430 g/mol.